The molecule has 1 saturated heterocycles. The third-order valence-corrected chi connectivity index (χ3v) is 7.26. The Bertz CT molecular complexity index is 1480. The van der Waals surface area contributed by atoms with Crippen molar-refractivity contribution in [2.24, 2.45) is 10.9 Å². The number of piperidine rings is 1. The van der Waals surface area contributed by atoms with E-state index in [1.54, 1.807) is 27.9 Å². The number of carbonyl (C=O) groups excluding carboxylic acids is 1. The van der Waals surface area contributed by atoms with Gasteiger partial charge < -0.3 is 20.3 Å². The van der Waals surface area contributed by atoms with Crippen LogP contribution in [0.1, 0.15) is 36.4 Å². The maximum absolute atomic E-state index is 13.9. The van der Waals surface area contributed by atoms with E-state index in [1.807, 2.05) is 13.0 Å². The van der Waals surface area contributed by atoms with Gasteiger partial charge in [-0.2, -0.15) is 9.61 Å². The summed E-state index contributed by atoms with van der Waals surface area (Å²) in [7, 11) is 0. The standard InChI is InChI=1S/C25H26FN7O2/c1-14-12-32(18-4-6-31(7-5-18)21(35)13-34)25-22(14)23(27)33-24(30-25)19(11-29-33)16-8-15-9-17(26)2-3-20(15)28-10-16/h2-3,8,10-12,15,18,34H,4-7,9,13,27H2,1H3. The number of aliphatic imine (C=N–C) groups is 1. The largest absolute Gasteiger partial charge is 0.387 e. The van der Waals surface area contributed by atoms with E-state index in [2.05, 4.69) is 20.9 Å². The monoisotopic (exact) mass is 475 g/mol. The maximum atomic E-state index is 13.9. The molecule has 0 aromatic carbocycles. The molecule has 3 aromatic rings. The van der Waals surface area contributed by atoms with Crippen LogP contribution in [0.25, 0.3) is 22.3 Å². The number of anilines is 1. The summed E-state index contributed by atoms with van der Waals surface area (Å²) in [6.45, 7) is 2.72. The van der Waals surface area contributed by atoms with Gasteiger partial charge in [-0.25, -0.2) is 9.37 Å². The van der Waals surface area contributed by atoms with Crippen LogP contribution in [-0.2, 0) is 4.79 Å². The molecule has 0 saturated carbocycles. The van der Waals surface area contributed by atoms with Crippen LogP contribution >= 0.6 is 0 Å². The fourth-order valence-electron chi connectivity index (χ4n) is 5.41. The molecular weight excluding hydrogens is 449 g/mol. The van der Waals surface area contributed by atoms with E-state index in [0.717, 1.165) is 46.3 Å². The van der Waals surface area contributed by atoms with Gasteiger partial charge in [0.25, 0.3) is 0 Å². The molecule has 1 fully saturated rings. The smallest absolute Gasteiger partial charge is 0.248 e. The zero-order chi connectivity index (χ0) is 24.3. The van der Waals surface area contributed by atoms with E-state index in [1.165, 1.54) is 6.08 Å². The number of aliphatic hydroxyl groups excluding tert-OH is 1. The number of nitrogen functional groups attached to an aromatic ring is 1. The van der Waals surface area contributed by atoms with E-state index in [0.29, 0.717) is 31.0 Å². The number of hydrogen-bond donors (Lipinski definition) is 2. The molecule has 0 spiro atoms. The van der Waals surface area contributed by atoms with Crippen molar-refractivity contribution in [3.8, 4) is 0 Å². The number of aryl methyl sites for hydroxylation is 1. The SMILES string of the molecule is Cc1cn(C2CCN(C(=O)CO)CC2)c2nc3c(C4=CC5CC(F)=CC=C5N=C4)cnn3c(N)c12. The third-order valence-electron chi connectivity index (χ3n) is 7.26. The Balaban J connectivity index is 1.41. The van der Waals surface area contributed by atoms with Gasteiger partial charge in [0.05, 0.1) is 11.6 Å². The topological polar surface area (TPSA) is 114 Å². The van der Waals surface area contributed by atoms with E-state index in [4.69, 9.17) is 15.8 Å². The first-order valence-electron chi connectivity index (χ1n) is 11.8. The highest BCUT2D eigenvalue weighted by atomic mass is 19.1. The van der Waals surface area contributed by atoms with Crippen LogP contribution in [-0.4, -0.2) is 61.0 Å². The zero-order valence-electron chi connectivity index (χ0n) is 19.4. The van der Waals surface area contributed by atoms with Gasteiger partial charge in [-0.3, -0.25) is 9.79 Å². The highest BCUT2D eigenvalue weighted by molar-refractivity contribution is 6.13. The van der Waals surface area contributed by atoms with Crippen molar-refractivity contribution in [3.63, 3.8) is 0 Å². The van der Waals surface area contributed by atoms with Crippen LogP contribution in [0.4, 0.5) is 10.2 Å². The van der Waals surface area contributed by atoms with Crippen molar-refractivity contribution in [1.29, 1.82) is 0 Å². The third kappa shape index (κ3) is 3.47. The Morgan fingerprint density at radius 1 is 1.26 bits per heavy atom. The number of aromatic nitrogens is 4. The van der Waals surface area contributed by atoms with Gasteiger partial charge in [-0.1, -0.05) is 6.08 Å². The molecule has 9 nitrogen and oxygen atoms in total. The minimum atomic E-state index is -0.462. The highest BCUT2D eigenvalue weighted by Gasteiger charge is 2.27. The lowest BCUT2D eigenvalue weighted by Gasteiger charge is -2.32. The molecule has 10 heteroatoms. The number of dihydropyridines is 1. The summed E-state index contributed by atoms with van der Waals surface area (Å²) in [6, 6.07) is 0.162. The molecule has 2 aliphatic heterocycles. The molecule has 3 aliphatic rings. The van der Waals surface area contributed by atoms with Crippen molar-refractivity contribution in [3.05, 3.63) is 53.3 Å². The van der Waals surface area contributed by atoms with Crippen LogP contribution in [0.15, 0.2) is 47.1 Å². The van der Waals surface area contributed by atoms with Crippen LogP contribution < -0.4 is 5.73 Å². The van der Waals surface area contributed by atoms with E-state index in [-0.39, 0.29) is 23.7 Å². The number of nitrogens with zero attached hydrogens (tertiary/aromatic N) is 6. The van der Waals surface area contributed by atoms with Crippen LogP contribution in [0, 0.1) is 12.8 Å². The van der Waals surface area contributed by atoms with E-state index in [9.17, 15) is 9.18 Å². The normalized spacial score (nSPS) is 20.7. The van der Waals surface area contributed by atoms with Gasteiger partial charge in [0.1, 0.15) is 23.9 Å². The van der Waals surface area contributed by atoms with E-state index < -0.39 is 6.61 Å². The lowest BCUT2D eigenvalue weighted by Crippen LogP contribution is -2.40. The lowest BCUT2D eigenvalue weighted by molar-refractivity contribution is -0.135. The zero-order valence-corrected chi connectivity index (χ0v) is 19.4. The summed E-state index contributed by atoms with van der Waals surface area (Å²) >= 11 is 0. The first-order chi connectivity index (χ1) is 16.9. The van der Waals surface area contributed by atoms with Gasteiger partial charge >= 0.3 is 0 Å². The predicted molar refractivity (Wildman–Crippen MR) is 131 cm³/mol. The van der Waals surface area contributed by atoms with E-state index >= 15 is 0 Å². The van der Waals surface area contributed by atoms with Crippen molar-refractivity contribution in [1.82, 2.24) is 24.1 Å². The molecule has 3 N–H and O–H groups in total. The van der Waals surface area contributed by atoms with Crippen molar-refractivity contribution in [2.75, 3.05) is 25.4 Å². The minimum absolute atomic E-state index is 0.117. The predicted octanol–water partition coefficient (Wildman–Crippen LogP) is 2.96. The molecule has 35 heavy (non-hydrogen) atoms. The fraction of sp³-hybridized carbons (Fsp3) is 0.360. The van der Waals surface area contributed by atoms with Crippen LogP contribution in [0.2, 0.25) is 0 Å². The van der Waals surface area contributed by atoms with Crippen molar-refractivity contribution >= 4 is 40.2 Å². The van der Waals surface area contributed by atoms with Gasteiger partial charge in [-0.15, -0.1) is 0 Å². The molecular formula is C25H26FN7O2. The average Bonchev–Trinajstić information content (AvgIpc) is 3.45. The second kappa shape index (κ2) is 8.16. The molecule has 1 amide bonds. The molecule has 1 atom stereocenters. The highest BCUT2D eigenvalue weighted by Crippen LogP contribution is 2.36. The minimum Gasteiger partial charge on any atom is -0.387 e. The first-order valence-corrected chi connectivity index (χ1v) is 11.8. The summed E-state index contributed by atoms with van der Waals surface area (Å²) in [6.07, 6.45) is 12.6. The first kappa shape index (κ1) is 21.7. The second-order valence-electron chi connectivity index (χ2n) is 9.37. The summed E-state index contributed by atoms with van der Waals surface area (Å²) in [5.41, 5.74) is 11.5. The molecule has 0 bridgehead atoms. The molecule has 1 unspecified atom stereocenters. The Hall–Kier alpha value is -3.79. The van der Waals surface area contributed by atoms with Crippen molar-refractivity contribution < 1.29 is 14.3 Å². The number of amides is 1. The Kier molecular flexibility index (Phi) is 5.06. The number of halogens is 1. The Morgan fingerprint density at radius 2 is 2.06 bits per heavy atom. The molecule has 5 heterocycles. The molecule has 1 aliphatic carbocycles. The molecule has 180 valence electrons. The summed E-state index contributed by atoms with van der Waals surface area (Å²) in [5, 5.41) is 14.5. The number of allylic oxidation sites excluding steroid dienone is 5. The number of fused-ring (bicyclic) bond motifs is 3. The summed E-state index contributed by atoms with van der Waals surface area (Å²) in [5.74, 6) is 0.00378. The molecule has 6 rings (SSSR count). The van der Waals surface area contributed by atoms with Gasteiger partial charge in [-0.05, 0) is 37.5 Å². The summed E-state index contributed by atoms with van der Waals surface area (Å²) in [4.78, 5) is 23.1. The number of hydrogen-bond acceptors (Lipinski definition) is 6. The maximum Gasteiger partial charge on any atom is 0.248 e. The lowest BCUT2D eigenvalue weighted by atomic mass is 9.90. The van der Waals surface area contributed by atoms with Crippen molar-refractivity contribution in [2.45, 2.75) is 32.2 Å². The molecule has 0 radical (unpaired) electrons. The number of aliphatic hydroxyl groups is 1. The average molecular weight is 476 g/mol. The second-order valence-corrected chi connectivity index (χ2v) is 9.37. The number of rotatable bonds is 3. The Labute approximate surface area is 200 Å². The number of carbonyl (C=O) groups is 1. The fourth-order valence-corrected chi connectivity index (χ4v) is 5.41. The summed E-state index contributed by atoms with van der Waals surface area (Å²) < 4.78 is 17.7. The van der Waals surface area contributed by atoms with Crippen LogP contribution in [0.3, 0.4) is 0 Å². The Morgan fingerprint density at radius 3 is 2.83 bits per heavy atom. The quantitative estimate of drug-likeness (QED) is 0.605. The van der Waals surface area contributed by atoms with Gasteiger partial charge in [0.2, 0.25) is 5.91 Å². The van der Waals surface area contributed by atoms with Gasteiger partial charge in [0.15, 0.2) is 5.65 Å². The molecule has 3 aromatic heterocycles. The van der Waals surface area contributed by atoms with Crippen LogP contribution in [0.5, 0.6) is 0 Å². The number of nitrogens with two attached hydrogens (primary N) is 1. The van der Waals surface area contributed by atoms with Gasteiger partial charge in [0, 0.05) is 60.7 Å². The number of likely N-dealkylation sites (tertiary alicyclic amines) is 1.